The summed E-state index contributed by atoms with van der Waals surface area (Å²) in [7, 11) is 0. The molecular weight excluding hydrogens is 233 g/mol. The molecule has 1 aromatic carbocycles. The maximum Gasteiger partial charge on any atom is 0.387 e. The Morgan fingerprint density at radius 3 is 2.47 bits per heavy atom. The highest BCUT2D eigenvalue weighted by Crippen LogP contribution is 2.26. The number of nitrogens with zero attached hydrogens (tertiary/aromatic N) is 2. The van der Waals surface area contributed by atoms with Crippen molar-refractivity contribution in [3.05, 3.63) is 35.2 Å². The van der Waals surface area contributed by atoms with Crippen LogP contribution in [0.2, 0.25) is 0 Å². The number of allylic oxidation sites excluding steroid dienone is 1. The van der Waals surface area contributed by atoms with Crippen LogP contribution in [0.3, 0.4) is 0 Å². The molecule has 0 aliphatic heterocycles. The third kappa shape index (κ3) is 3.25. The average molecular weight is 238 g/mol. The van der Waals surface area contributed by atoms with Crippen LogP contribution < -0.4 is 4.74 Å². The fourth-order valence-electron chi connectivity index (χ4n) is 1.10. The van der Waals surface area contributed by atoms with Gasteiger partial charge in [0.05, 0.1) is 0 Å². The Kier molecular flexibility index (Phi) is 4.13. The van der Waals surface area contributed by atoms with Crippen LogP contribution in [-0.4, -0.2) is 6.61 Å². The minimum atomic E-state index is -3.19. The molecule has 0 aliphatic carbocycles. The van der Waals surface area contributed by atoms with E-state index in [1.165, 1.54) is 24.3 Å². The van der Waals surface area contributed by atoms with Gasteiger partial charge in [-0.1, -0.05) is 12.1 Å². The van der Waals surface area contributed by atoms with Gasteiger partial charge in [-0.2, -0.15) is 19.3 Å². The Morgan fingerprint density at radius 2 is 1.94 bits per heavy atom. The van der Waals surface area contributed by atoms with Crippen LogP contribution in [0.15, 0.2) is 23.8 Å². The zero-order valence-electron chi connectivity index (χ0n) is 8.32. The van der Waals surface area contributed by atoms with E-state index in [4.69, 9.17) is 10.5 Å². The first-order chi connectivity index (χ1) is 8.08. The standard InChI is InChI=1S/C11H5F3N2O/c12-9-3-1-2-8(4-7(5-15)6-16)10(9)17-11(13)14/h1-4,11H. The van der Waals surface area contributed by atoms with Gasteiger partial charge < -0.3 is 4.74 Å². The molecule has 86 valence electrons. The fraction of sp³-hybridized carbons (Fsp3) is 0.0909. The lowest BCUT2D eigenvalue weighted by Crippen LogP contribution is -2.05. The lowest BCUT2D eigenvalue weighted by Gasteiger charge is -2.08. The highest BCUT2D eigenvalue weighted by Gasteiger charge is 2.13. The predicted molar refractivity (Wildman–Crippen MR) is 52.2 cm³/mol. The molecule has 0 radical (unpaired) electrons. The molecule has 0 fully saturated rings. The topological polar surface area (TPSA) is 56.8 Å². The molecule has 0 aliphatic rings. The van der Waals surface area contributed by atoms with E-state index in [2.05, 4.69) is 4.74 Å². The molecule has 0 N–H and O–H groups in total. The van der Waals surface area contributed by atoms with Crippen molar-refractivity contribution in [2.45, 2.75) is 6.61 Å². The Hall–Kier alpha value is -2.47. The molecule has 17 heavy (non-hydrogen) atoms. The van der Waals surface area contributed by atoms with Gasteiger partial charge >= 0.3 is 6.61 Å². The molecule has 3 nitrogen and oxygen atoms in total. The second-order valence-electron chi connectivity index (χ2n) is 2.82. The summed E-state index contributed by atoms with van der Waals surface area (Å²) >= 11 is 0. The average Bonchev–Trinajstić information content (AvgIpc) is 2.29. The third-order valence-corrected chi connectivity index (χ3v) is 1.75. The summed E-state index contributed by atoms with van der Waals surface area (Å²) in [5.74, 6) is -1.68. The van der Waals surface area contributed by atoms with E-state index in [0.29, 0.717) is 0 Å². The van der Waals surface area contributed by atoms with Crippen LogP contribution in [0.4, 0.5) is 13.2 Å². The van der Waals surface area contributed by atoms with Crippen molar-refractivity contribution in [1.29, 1.82) is 10.5 Å². The van der Waals surface area contributed by atoms with Gasteiger partial charge in [-0.05, 0) is 12.1 Å². The van der Waals surface area contributed by atoms with Gasteiger partial charge in [0, 0.05) is 5.56 Å². The van der Waals surface area contributed by atoms with Crippen LogP contribution in [0.5, 0.6) is 5.75 Å². The summed E-state index contributed by atoms with van der Waals surface area (Å²) in [4.78, 5) is 0. The van der Waals surface area contributed by atoms with Crippen LogP contribution in [-0.2, 0) is 0 Å². The van der Waals surface area contributed by atoms with Gasteiger partial charge in [0.2, 0.25) is 0 Å². The van der Waals surface area contributed by atoms with E-state index in [-0.39, 0.29) is 11.1 Å². The monoisotopic (exact) mass is 238 g/mol. The Labute approximate surface area is 95.0 Å². The summed E-state index contributed by atoms with van der Waals surface area (Å²) in [5, 5.41) is 17.0. The molecule has 0 unspecified atom stereocenters. The second kappa shape index (κ2) is 5.57. The van der Waals surface area contributed by atoms with Crippen molar-refractivity contribution in [3.63, 3.8) is 0 Å². The fourth-order valence-corrected chi connectivity index (χ4v) is 1.10. The molecule has 0 atom stereocenters. The van der Waals surface area contributed by atoms with Gasteiger partial charge in [-0.3, -0.25) is 0 Å². The number of halogens is 3. The predicted octanol–water partition coefficient (Wildman–Crippen LogP) is 2.86. The zero-order chi connectivity index (χ0) is 12.8. The molecule has 0 amide bonds. The number of hydrogen-bond donors (Lipinski definition) is 0. The molecule has 0 spiro atoms. The van der Waals surface area contributed by atoms with E-state index in [1.807, 2.05) is 0 Å². The summed E-state index contributed by atoms with van der Waals surface area (Å²) in [5.41, 5.74) is -0.432. The highest BCUT2D eigenvalue weighted by atomic mass is 19.3. The SMILES string of the molecule is N#CC(C#N)=Cc1cccc(F)c1OC(F)F. The number of para-hydroxylation sites is 1. The van der Waals surface area contributed by atoms with Crippen molar-refractivity contribution in [2.24, 2.45) is 0 Å². The largest absolute Gasteiger partial charge is 0.431 e. The Morgan fingerprint density at radius 1 is 1.29 bits per heavy atom. The van der Waals surface area contributed by atoms with Gasteiger partial charge in [0.15, 0.2) is 11.6 Å². The minimum absolute atomic E-state index is 0.0941. The summed E-state index contributed by atoms with van der Waals surface area (Å²) in [6.45, 7) is -3.19. The van der Waals surface area contributed by atoms with Gasteiger partial charge in [-0.15, -0.1) is 0 Å². The van der Waals surface area contributed by atoms with Gasteiger partial charge in [0.1, 0.15) is 17.7 Å². The molecular formula is C11H5F3N2O. The van der Waals surface area contributed by atoms with Gasteiger partial charge in [-0.25, -0.2) is 4.39 Å². The molecule has 0 saturated carbocycles. The van der Waals surface area contributed by atoms with Crippen LogP contribution in [0.1, 0.15) is 5.56 Å². The van der Waals surface area contributed by atoms with E-state index in [1.54, 1.807) is 0 Å². The number of rotatable bonds is 3. The third-order valence-electron chi connectivity index (χ3n) is 1.75. The maximum absolute atomic E-state index is 13.2. The molecule has 1 aromatic rings. The minimum Gasteiger partial charge on any atom is -0.431 e. The van der Waals surface area contributed by atoms with E-state index in [9.17, 15) is 13.2 Å². The first kappa shape index (κ1) is 12.6. The highest BCUT2D eigenvalue weighted by molar-refractivity contribution is 5.66. The maximum atomic E-state index is 13.2. The second-order valence-corrected chi connectivity index (χ2v) is 2.82. The number of ether oxygens (including phenoxy) is 1. The number of benzene rings is 1. The number of nitriles is 2. The summed E-state index contributed by atoms with van der Waals surface area (Å²) in [6.07, 6.45) is 0.973. The number of hydrogen-bond acceptors (Lipinski definition) is 3. The Balaban J connectivity index is 3.26. The number of alkyl halides is 2. The van der Waals surface area contributed by atoms with Crippen LogP contribution >= 0.6 is 0 Å². The van der Waals surface area contributed by atoms with E-state index >= 15 is 0 Å². The first-order valence-corrected chi connectivity index (χ1v) is 4.33. The zero-order valence-corrected chi connectivity index (χ0v) is 8.32. The van der Waals surface area contributed by atoms with Crippen molar-refractivity contribution in [1.82, 2.24) is 0 Å². The smallest absolute Gasteiger partial charge is 0.387 e. The molecule has 0 bridgehead atoms. The molecule has 1 rings (SSSR count). The molecule has 0 heterocycles. The summed E-state index contributed by atoms with van der Waals surface area (Å²) < 4.78 is 41.3. The first-order valence-electron chi connectivity index (χ1n) is 4.33. The molecule has 0 saturated heterocycles. The molecule has 0 aromatic heterocycles. The van der Waals surface area contributed by atoms with Crippen LogP contribution in [0, 0.1) is 28.5 Å². The van der Waals surface area contributed by atoms with Crippen molar-refractivity contribution >= 4 is 6.08 Å². The molecule has 6 heteroatoms. The van der Waals surface area contributed by atoms with E-state index in [0.717, 1.165) is 12.1 Å². The van der Waals surface area contributed by atoms with Gasteiger partial charge in [0.25, 0.3) is 0 Å². The quantitative estimate of drug-likeness (QED) is 0.761. The van der Waals surface area contributed by atoms with Crippen molar-refractivity contribution in [2.75, 3.05) is 0 Å². The van der Waals surface area contributed by atoms with Crippen LogP contribution in [0.25, 0.3) is 6.08 Å². The van der Waals surface area contributed by atoms with Crippen molar-refractivity contribution < 1.29 is 17.9 Å². The lowest BCUT2D eigenvalue weighted by atomic mass is 10.1. The van der Waals surface area contributed by atoms with E-state index < -0.39 is 18.2 Å². The summed E-state index contributed by atoms with van der Waals surface area (Å²) in [6, 6.07) is 6.52. The lowest BCUT2D eigenvalue weighted by molar-refractivity contribution is -0.0523. The normalized spacial score (nSPS) is 9.29. The Bertz CT molecular complexity index is 510. The van der Waals surface area contributed by atoms with Crippen molar-refractivity contribution in [3.8, 4) is 17.9 Å².